The lowest BCUT2D eigenvalue weighted by Gasteiger charge is -2.21. The molecule has 0 bridgehead atoms. The van der Waals surface area contributed by atoms with Gasteiger partial charge in [0.25, 0.3) is 0 Å². The van der Waals surface area contributed by atoms with Crippen molar-refractivity contribution in [3.63, 3.8) is 0 Å². The fourth-order valence-electron chi connectivity index (χ4n) is 1.81. The number of benzene rings is 2. The summed E-state index contributed by atoms with van der Waals surface area (Å²) in [5.74, 6) is 0. The van der Waals surface area contributed by atoms with Gasteiger partial charge in [-0.1, -0.05) is 70.7 Å². The fraction of sp³-hybridized carbons (Fsp3) is 0.250. The molecule has 22 heavy (non-hydrogen) atoms. The molecule has 0 radical (unpaired) electrons. The molecular weight excluding hydrogens is 362 g/mol. The molecule has 0 aromatic heterocycles. The van der Waals surface area contributed by atoms with E-state index < -0.39 is 10.00 Å². The molecule has 2 aromatic carbocycles. The highest BCUT2D eigenvalue weighted by molar-refractivity contribution is 6.31. The van der Waals surface area contributed by atoms with Crippen LogP contribution in [0.1, 0.15) is 25.0 Å². The molecule has 0 heterocycles. The third-order valence-electron chi connectivity index (χ3n) is 3.17. The Morgan fingerprint density at radius 3 is 1.18 bits per heavy atom. The number of nitrogens with zero attached hydrogens (tertiary/aromatic N) is 2. The van der Waals surface area contributed by atoms with Gasteiger partial charge in [-0.15, -0.1) is 0 Å². The molecule has 6 heteroatoms. The number of azo groups is 1. The van der Waals surface area contributed by atoms with Crippen molar-refractivity contribution in [1.82, 2.24) is 0 Å². The first-order chi connectivity index (χ1) is 10.2. The van der Waals surface area contributed by atoms with Crippen LogP contribution in [-0.2, 0) is 10.00 Å². The van der Waals surface area contributed by atoms with Gasteiger partial charge in [0.1, 0.15) is 0 Å². The minimum absolute atomic E-state index is 0.636. The number of alkyl halides is 2. The summed E-state index contributed by atoms with van der Waals surface area (Å²) in [6.45, 7) is 3.49. The molecule has 0 amide bonds. The zero-order chi connectivity index (χ0) is 16.4. The molecule has 0 aliphatic rings. The van der Waals surface area contributed by atoms with E-state index in [1.54, 1.807) is 38.1 Å². The van der Waals surface area contributed by atoms with E-state index in [1.807, 2.05) is 24.3 Å². The van der Waals surface area contributed by atoms with Crippen LogP contribution >= 0.6 is 46.4 Å². The van der Waals surface area contributed by atoms with Gasteiger partial charge in [-0.25, -0.2) is 0 Å². The second-order valence-electron chi connectivity index (χ2n) is 5.12. The van der Waals surface area contributed by atoms with Crippen LogP contribution in [0.3, 0.4) is 0 Å². The average molecular weight is 376 g/mol. The largest absolute Gasteiger partial charge is 0.176 e. The number of hydrogen-bond acceptors (Lipinski definition) is 2. The van der Waals surface area contributed by atoms with E-state index >= 15 is 0 Å². The fourth-order valence-corrected chi connectivity index (χ4v) is 2.39. The molecule has 2 unspecified atom stereocenters. The first-order valence-corrected chi connectivity index (χ1v) is 8.06. The molecule has 0 N–H and O–H groups in total. The molecule has 116 valence electrons. The van der Waals surface area contributed by atoms with Gasteiger partial charge in [-0.05, 0) is 49.2 Å². The van der Waals surface area contributed by atoms with Crippen LogP contribution in [0.5, 0.6) is 0 Å². The van der Waals surface area contributed by atoms with E-state index in [2.05, 4.69) is 10.2 Å². The summed E-state index contributed by atoms with van der Waals surface area (Å²) in [7, 11) is 0. The van der Waals surface area contributed by atoms with Crippen molar-refractivity contribution in [3.8, 4) is 0 Å². The molecular formula is C16H14Cl4N2. The van der Waals surface area contributed by atoms with Gasteiger partial charge in [-0.3, -0.25) is 0 Å². The highest BCUT2D eigenvalue weighted by atomic mass is 35.5. The van der Waals surface area contributed by atoms with E-state index in [0.29, 0.717) is 10.0 Å². The Hall–Kier alpha value is -0.800. The SMILES string of the molecule is CC(Cl)(/N=N\C(C)(Cl)c1ccc(Cl)cc1)c1ccc(Cl)cc1. The van der Waals surface area contributed by atoms with Crippen LogP contribution in [0.4, 0.5) is 0 Å². The van der Waals surface area contributed by atoms with E-state index in [0.717, 1.165) is 11.1 Å². The molecule has 2 nitrogen and oxygen atoms in total. The minimum atomic E-state index is -1.02. The predicted molar refractivity (Wildman–Crippen MR) is 94.2 cm³/mol. The maximum absolute atomic E-state index is 6.45. The van der Waals surface area contributed by atoms with E-state index in [9.17, 15) is 0 Å². The summed E-state index contributed by atoms with van der Waals surface area (Å²) in [5, 5.41) is 9.69. The number of rotatable bonds is 4. The molecule has 0 saturated heterocycles. The Labute approximate surface area is 150 Å². The van der Waals surface area contributed by atoms with Crippen molar-refractivity contribution in [2.75, 3.05) is 0 Å². The topological polar surface area (TPSA) is 24.7 Å². The van der Waals surface area contributed by atoms with E-state index in [1.165, 1.54) is 0 Å². The van der Waals surface area contributed by atoms with Crippen LogP contribution in [0.15, 0.2) is 58.8 Å². The standard InChI is InChI=1S/C16H14Cl4N2/c1-15(19,11-3-7-13(17)8-4-11)21-22-16(2,20)12-5-9-14(18)10-6-12/h3-10H,1-2H3/b22-21-. The lowest BCUT2D eigenvalue weighted by atomic mass is 10.1. The molecule has 2 aromatic rings. The molecule has 0 aliphatic carbocycles. The third kappa shape index (κ3) is 4.36. The molecule has 0 fully saturated rings. The van der Waals surface area contributed by atoms with Gasteiger partial charge in [0.05, 0.1) is 0 Å². The van der Waals surface area contributed by atoms with Crippen molar-refractivity contribution >= 4 is 46.4 Å². The summed E-state index contributed by atoms with van der Waals surface area (Å²) in [4.78, 5) is -2.04. The van der Waals surface area contributed by atoms with Crippen molar-refractivity contribution in [2.45, 2.75) is 23.8 Å². The maximum atomic E-state index is 6.45. The monoisotopic (exact) mass is 374 g/mol. The van der Waals surface area contributed by atoms with Crippen LogP contribution in [0.25, 0.3) is 0 Å². The van der Waals surface area contributed by atoms with Crippen LogP contribution in [0.2, 0.25) is 10.0 Å². The Bertz CT molecular complexity index is 602. The lowest BCUT2D eigenvalue weighted by Crippen LogP contribution is -2.14. The molecule has 2 rings (SSSR count). The van der Waals surface area contributed by atoms with Gasteiger partial charge in [0.2, 0.25) is 0 Å². The summed E-state index contributed by atoms with van der Waals surface area (Å²) >= 11 is 24.6. The van der Waals surface area contributed by atoms with Gasteiger partial charge in [0, 0.05) is 10.0 Å². The molecule has 0 aliphatic heterocycles. The molecule has 0 spiro atoms. The van der Waals surface area contributed by atoms with Crippen molar-refractivity contribution in [1.29, 1.82) is 0 Å². The second kappa shape index (κ2) is 6.76. The Morgan fingerprint density at radius 2 is 0.909 bits per heavy atom. The van der Waals surface area contributed by atoms with E-state index in [-0.39, 0.29) is 0 Å². The number of halogens is 4. The molecule has 2 atom stereocenters. The van der Waals surface area contributed by atoms with Crippen molar-refractivity contribution < 1.29 is 0 Å². The highest BCUT2D eigenvalue weighted by Crippen LogP contribution is 2.36. The predicted octanol–water partition coefficient (Wildman–Crippen LogP) is 6.97. The zero-order valence-corrected chi connectivity index (χ0v) is 15.0. The van der Waals surface area contributed by atoms with Gasteiger partial charge in [0.15, 0.2) is 10.00 Å². The highest BCUT2D eigenvalue weighted by Gasteiger charge is 2.27. The zero-order valence-electron chi connectivity index (χ0n) is 12.0. The smallest absolute Gasteiger partial charge is 0.164 e. The minimum Gasteiger partial charge on any atom is -0.164 e. The van der Waals surface area contributed by atoms with Crippen LogP contribution in [0, 0.1) is 0 Å². The number of hydrogen-bond donors (Lipinski definition) is 0. The van der Waals surface area contributed by atoms with Crippen LogP contribution in [-0.4, -0.2) is 0 Å². The van der Waals surface area contributed by atoms with Gasteiger partial charge in [-0.2, -0.15) is 10.2 Å². The maximum Gasteiger partial charge on any atom is 0.176 e. The Kier molecular flexibility index (Phi) is 5.39. The van der Waals surface area contributed by atoms with E-state index in [4.69, 9.17) is 46.4 Å². The van der Waals surface area contributed by atoms with Gasteiger partial charge < -0.3 is 0 Å². The van der Waals surface area contributed by atoms with Gasteiger partial charge >= 0.3 is 0 Å². The first kappa shape index (κ1) is 17.6. The summed E-state index contributed by atoms with van der Waals surface area (Å²) < 4.78 is 0. The quantitative estimate of drug-likeness (QED) is 0.313. The normalized spacial score (nSPS) is 17.2. The molecule has 0 saturated carbocycles. The first-order valence-electron chi connectivity index (χ1n) is 6.55. The van der Waals surface area contributed by atoms with Crippen molar-refractivity contribution in [2.24, 2.45) is 10.2 Å². The summed E-state index contributed by atoms with van der Waals surface area (Å²) in [6.07, 6.45) is 0. The Balaban J connectivity index is 2.25. The average Bonchev–Trinajstić information content (AvgIpc) is 2.46. The van der Waals surface area contributed by atoms with Crippen LogP contribution < -0.4 is 0 Å². The van der Waals surface area contributed by atoms with Crippen molar-refractivity contribution in [3.05, 3.63) is 69.7 Å². The summed E-state index contributed by atoms with van der Waals surface area (Å²) in [5.41, 5.74) is 1.57. The third-order valence-corrected chi connectivity index (χ3v) is 4.26. The summed E-state index contributed by atoms with van der Waals surface area (Å²) in [6, 6.07) is 14.3. The second-order valence-corrected chi connectivity index (χ2v) is 7.47. The lowest BCUT2D eigenvalue weighted by molar-refractivity contribution is 0.578. The Morgan fingerprint density at radius 1 is 0.636 bits per heavy atom.